The van der Waals surface area contributed by atoms with Crippen molar-refractivity contribution in [2.24, 2.45) is 0 Å². The maximum Gasteiger partial charge on any atom is 0.282 e. The zero-order valence-corrected chi connectivity index (χ0v) is 17.4. The molecule has 4 rings (SSSR count). The van der Waals surface area contributed by atoms with Crippen LogP contribution in [-0.2, 0) is 14.3 Å². The van der Waals surface area contributed by atoms with Crippen LogP contribution in [-0.4, -0.2) is 57.2 Å². The van der Waals surface area contributed by atoms with Crippen LogP contribution in [0.3, 0.4) is 0 Å². The molecule has 2 aliphatic heterocycles. The summed E-state index contributed by atoms with van der Waals surface area (Å²) in [4.78, 5) is 30.1. The summed E-state index contributed by atoms with van der Waals surface area (Å²) in [7, 11) is 3.06. The highest BCUT2D eigenvalue weighted by molar-refractivity contribution is 6.46. The van der Waals surface area contributed by atoms with Crippen molar-refractivity contribution < 1.29 is 23.8 Å². The highest BCUT2D eigenvalue weighted by Gasteiger charge is 2.43. The van der Waals surface area contributed by atoms with Gasteiger partial charge >= 0.3 is 0 Å². The first-order valence-corrected chi connectivity index (χ1v) is 9.86. The van der Waals surface area contributed by atoms with Crippen LogP contribution in [0.5, 0.6) is 11.5 Å². The molecule has 0 saturated carbocycles. The molecule has 0 aliphatic carbocycles. The van der Waals surface area contributed by atoms with Crippen LogP contribution in [0.4, 0.5) is 5.69 Å². The molecule has 0 bridgehead atoms. The Morgan fingerprint density at radius 3 is 2.27 bits per heavy atom. The van der Waals surface area contributed by atoms with Gasteiger partial charge in [-0.15, -0.1) is 0 Å². The Kier molecular flexibility index (Phi) is 5.65. The van der Waals surface area contributed by atoms with Gasteiger partial charge in [0.05, 0.1) is 38.7 Å². The second-order valence-electron chi connectivity index (χ2n) is 6.81. The van der Waals surface area contributed by atoms with Gasteiger partial charge in [-0.25, -0.2) is 4.90 Å². The van der Waals surface area contributed by atoms with Gasteiger partial charge in [0.1, 0.15) is 17.2 Å². The first-order chi connectivity index (χ1) is 14.5. The number of anilines is 1. The Balaban J connectivity index is 1.84. The van der Waals surface area contributed by atoms with E-state index in [9.17, 15) is 9.59 Å². The number of amides is 2. The summed E-state index contributed by atoms with van der Waals surface area (Å²) in [6.07, 6.45) is 0. The Morgan fingerprint density at radius 2 is 1.63 bits per heavy atom. The molecule has 0 spiro atoms. The highest BCUT2D eigenvalue weighted by Crippen LogP contribution is 2.40. The Morgan fingerprint density at radius 1 is 0.933 bits per heavy atom. The maximum absolute atomic E-state index is 13.6. The van der Waals surface area contributed by atoms with Gasteiger partial charge in [-0.3, -0.25) is 9.59 Å². The number of nitrogens with zero attached hydrogens (tertiary/aromatic N) is 2. The van der Waals surface area contributed by atoms with Crippen LogP contribution in [0, 0.1) is 0 Å². The molecule has 2 heterocycles. The monoisotopic (exact) mass is 428 g/mol. The lowest BCUT2D eigenvalue weighted by Gasteiger charge is -2.29. The van der Waals surface area contributed by atoms with Crippen molar-refractivity contribution in [1.82, 2.24) is 4.90 Å². The lowest BCUT2D eigenvalue weighted by molar-refractivity contribution is -0.121. The normalized spacial score (nSPS) is 17.0. The molecule has 30 heavy (non-hydrogen) atoms. The lowest BCUT2D eigenvalue weighted by Crippen LogP contribution is -2.40. The predicted molar refractivity (Wildman–Crippen MR) is 113 cm³/mol. The average Bonchev–Trinajstić information content (AvgIpc) is 3.04. The van der Waals surface area contributed by atoms with Gasteiger partial charge in [0, 0.05) is 18.1 Å². The third kappa shape index (κ3) is 3.51. The molecule has 156 valence electrons. The third-order valence-electron chi connectivity index (χ3n) is 5.15. The molecule has 2 aromatic carbocycles. The highest BCUT2D eigenvalue weighted by atomic mass is 35.5. The van der Waals surface area contributed by atoms with Gasteiger partial charge in [0.2, 0.25) is 0 Å². The molecular formula is C22H21ClN2O5. The summed E-state index contributed by atoms with van der Waals surface area (Å²) in [5, 5.41) is 0.400. The molecule has 2 aliphatic rings. The summed E-state index contributed by atoms with van der Waals surface area (Å²) < 4.78 is 16.0. The van der Waals surface area contributed by atoms with Crippen LogP contribution in [0.1, 0.15) is 5.56 Å². The van der Waals surface area contributed by atoms with Gasteiger partial charge < -0.3 is 19.1 Å². The third-order valence-corrected chi connectivity index (χ3v) is 5.38. The quantitative estimate of drug-likeness (QED) is 0.682. The van der Waals surface area contributed by atoms with Gasteiger partial charge in [-0.2, -0.15) is 0 Å². The van der Waals surface area contributed by atoms with Crippen molar-refractivity contribution in [3.63, 3.8) is 0 Å². The molecule has 1 saturated heterocycles. The number of carbonyl (C=O) groups is 2. The van der Waals surface area contributed by atoms with E-state index in [1.807, 2.05) is 4.90 Å². The van der Waals surface area contributed by atoms with E-state index in [0.717, 1.165) is 4.90 Å². The Bertz CT molecular complexity index is 1010. The van der Waals surface area contributed by atoms with E-state index < -0.39 is 11.8 Å². The van der Waals surface area contributed by atoms with Gasteiger partial charge in [-0.05, 0) is 35.9 Å². The smallest absolute Gasteiger partial charge is 0.282 e. The summed E-state index contributed by atoms with van der Waals surface area (Å²) in [6, 6.07) is 11.9. The summed E-state index contributed by atoms with van der Waals surface area (Å²) in [5.41, 5.74) is 1.65. The number of methoxy groups -OCH3 is 2. The van der Waals surface area contributed by atoms with Crippen molar-refractivity contribution in [3.8, 4) is 11.5 Å². The largest absolute Gasteiger partial charge is 0.497 e. The molecule has 8 heteroatoms. The minimum absolute atomic E-state index is 0.314. The molecule has 2 aromatic rings. The molecule has 0 radical (unpaired) electrons. The SMILES string of the molecule is COc1ccc(C2=C(N3CCOCC3)C(=O)N(c3cc(Cl)ccc3OC)C2=O)cc1. The number of rotatable bonds is 5. The summed E-state index contributed by atoms with van der Waals surface area (Å²) >= 11 is 6.16. The van der Waals surface area contributed by atoms with Crippen LogP contribution in [0.2, 0.25) is 5.02 Å². The van der Waals surface area contributed by atoms with Crippen LogP contribution in [0.25, 0.3) is 5.57 Å². The van der Waals surface area contributed by atoms with Gasteiger partial charge in [0.25, 0.3) is 11.8 Å². The number of carbonyl (C=O) groups excluding carboxylic acids is 2. The second-order valence-corrected chi connectivity index (χ2v) is 7.25. The number of halogens is 1. The van der Waals surface area contributed by atoms with Crippen molar-refractivity contribution in [3.05, 3.63) is 58.7 Å². The minimum Gasteiger partial charge on any atom is -0.497 e. The Labute approximate surface area is 179 Å². The first-order valence-electron chi connectivity index (χ1n) is 9.49. The zero-order chi connectivity index (χ0) is 21.3. The van der Waals surface area contributed by atoms with E-state index in [-0.39, 0.29) is 0 Å². The number of ether oxygens (including phenoxy) is 3. The summed E-state index contributed by atoms with van der Waals surface area (Å²) in [5.74, 6) is 0.219. The maximum atomic E-state index is 13.6. The molecule has 0 atom stereocenters. The number of hydrogen-bond acceptors (Lipinski definition) is 6. The van der Waals surface area contributed by atoms with E-state index in [0.29, 0.717) is 65.3 Å². The van der Waals surface area contributed by atoms with Crippen molar-refractivity contribution in [2.45, 2.75) is 0 Å². The van der Waals surface area contributed by atoms with E-state index in [1.165, 1.54) is 7.11 Å². The molecule has 0 unspecified atom stereocenters. The fraction of sp³-hybridized carbons (Fsp3) is 0.273. The number of morpholine rings is 1. The molecule has 0 N–H and O–H groups in total. The van der Waals surface area contributed by atoms with Gasteiger partial charge in [0.15, 0.2) is 0 Å². The van der Waals surface area contributed by atoms with Crippen molar-refractivity contribution in [1.29, 1.82) is 0 Å². The van der Waals surface area contributed by atoms with Crippen LogP contribution < -0.4 is 14.4 Å². The fourth-order valence-electron chi connectivity index (χ4n) is 3.67. The fourth-order valence-corrected chi connectivity index (χ4v) is 3.84. The second kappa shape index (κ2) is 8.38. The summed E-state index contributed by atoms with van der Waals surface area (Å²) in [6.45, 7) is 2.02. The molecule has 7 nitrogen and oxygen atoms in total. The topological polar surface area (TPSA) is 68.3 Å². The first kappa shape index (κ1) is 20.3. The van der Waals surface area contributed by atoms with Crippen LogP contribution >= 0.6 is 11.6 Å². The molecule has 2 amide bonds. The van der Waals surface area contributed by atoms with E-state index >= 15 is 0 Å². The standard InChI is InChI=1S/C22H21ClN2O5/c1-28-16-6-3-14(4-7-16)19-20(24-9-11-30-12-10-24)22(27)25(21(19)26)17-13-15(23)5-8-18(17)29-2/h3-8,13H,9-12H2,1-2H3. The molecular weight excluding hydrogens is 408 g/mol. The van der Waals surface area contributed by atoms with Gasteiger partial charge in [-0.1, -0.05) is 23.7 Å². The zero-order valence-electron chi connectivity index (χ0n) is 16.7. The Hall–Kier alpha value is -3.03. The molecule has 1 fully saturated rings. The van der Waals surface area contributed by atoms with Crippen LogP contribution in [0.15, 0.2) is 48.2 Å². The number of imide groups is 1. The molecule has 0 aromatic heterocycles. The van der Waals surface area contributed by atoms with E-state index in [2.05, 4.69) is 0 Å². The predicted octanol–water partition coefficient (Wildman–Crippen LogP) is 2.97. The number of hydrogen-bond donors (Lipinski definition) is 0. The minimum atomic E-state index is -0.424. The van der Waals surface area contributed by atoms with E-state index in [1.54, 1.807) is 49.6 Å². The van der Waals surface area contributed by atoms with Crippen molar-refractivity contribution >= 4 is 34.7 Å². The van der Waals surface area contributed by atoms with E-state index in [4.69, 9.17) is 25.8 Å². The number of benzene rings is 2. The average molecular weight is 429 g/mol. The lowest BCUT2D eigenvalue weighted by atomic mass is 10.0. The van der Waals surface area contributed by atoms with Crippen molar-refractivity contribution in [2.75, 3.05) is 45.4 Å².